The van der Waals surface area contributed by atoms with Crippen LogP contribution in [0.5, 0.6) is 0 Å². The second kappa shape index (κ2) is 3.02. The number of rotatable bonds is 3. The van der Waals surface area contributed by atoms with Crippen molar-refractivity contribution < 1.29 is 5.11 Å². The molecule has 1 saturated carbocycles. The third-order valence-corrected chi connectivity index (χ3v) is 4.35. The summed E-state index contributed by atoms with van der Waals surface area (Å²) in [4.78, 5) is 6.71. The molecule has 4 heteroatoms. The predicted octanol–water partition coefficient (Wildman–Crippen LogP) is 1.10. The Morgan fingerprint density at radius 1 is 1.64 bits per heavy atom. The summed E-state index contributed by atoms with van der Waals surface area (Å²) in [5, 5.41) is 12.6. The highest BCUT2D eigenvalue weighted by molar-refractivity contribution is 7.09. The first-order valence-electron chi connectivity index (χ1n) is 5.07. The molecule has 2 saturated heterocycles. The smallest absolute Gasteiger partial charge is 0.107 e. The van der Waals surface area contributed by atoms with Gasteiger partial charge in [0.2, 0.25) is 0 Å². The van der Waals surface area contributed by atoms with E-state index >= 15 is 0 Å². The molecule has 76 valence electrons. The van der Waals surface area contributed by atoms with Crippen molar-refractivity contribution in [3.63, 3.8) is 0 Å². The van der Waals surface area contributed by atoms with E-state index in [2.05, 4.69) is 9.88 Å². The second-order valence-electron chi connectivity index (χ2n) is 4.46. The largest absolute Gasteiger partial charge is 0.394 e. The van der Waals surface area contributed by atoms with Crippen LogP contribution < -0.4 is 0 Å². The molecule has 3 fully saturated rings. The molecule has 3 heterocycles. The molecule has 3 nitrogen and oxygen atoms in total. The van der Waals surface area contributed by atoms with Crippen LogP contribution in [0.4, 0.5) is 0 Å². The van der Waals surface area contributed by atoms with E-state index in [9.17, 15) is 5.11 Å². The lowest BCUT2D eigenvalue weighted by Crippen LogP contribution is -2.48. The van der Waals surface area contributed by atoms with Gasteiger partial charge in [-0.25, -0.2) is 4.98 Å². The molecule has 3 aliphatic rings. The number of thiazole rings is 1. The van der Waals surface area contributed by atoms with E-state index < -0.39 is 0 Å². The molecule has 14 heavy (non-hydrogen) atoms. The van der Waals surface area contributed by atoms with Gasteiger partial charge in [0, 0.05) is 23.7 Å². The fourth-order valence-corrected chi connectivity index (χ4v) is 3.49. The molecule has 4 rings (SSSR count). The number of hydrogen-bond acceptors (Lipinski definition) is 4. The van der Waals surface area contributed by atoms with Gasteiger partial charge in [-0.1, -0.05) is 0 Å². The molecule has 0 atom stereocenters. The normalized spacial score (nSPS) is 35.9. The van der Waals surface area contributed by atoms with Crippen molar-refractivity contribution >= 4 is 11.3 Å². The van der Waals surface area contributed by atoms with Crippen LogP contribution in [0, 0.1) is 5.92 Å². The summed E-state index contributed by atoms with van der Waals surface area (Å²) in [6.07, 6.45) is 4.23. The van der Waals surface area contributed by atoms with E-state index in [0.717, 1.165) is 19.0 Å². The molecule has 0 radical (unpaired) electrons. The highest BCUT2D eigenvalue weighted by Crippen LogP contribution is 2.50. The molecule has 0 amide bonds. The third kappa shape index (κ3) is 1.14. The first-order chi connectivity index (χ1) is 6.82. The quantitative estimate of drug-likeness (QED) is 0.811. The number of aliphatic hydroxyl groups excluding tert-OH is 1. The average Bonchev–Trinajstić information content (AvgIpc) is 2.77. The number of hydrogen-bond donors (Lipinski definition) is 1. The minimum absolute atomic E-state index is 0.121. The van der Waals surface area contributed by atoms with Crippen LogP contribution in [0.2, 0.25) is 0 Å². The van der Waals surface area contributed by atoms with Crippen molar-refractivity contribution in [3.8, 4) is 0 Å². The fraction of sp³-hybridized carbons (Fsp3) is 0.700. The van der Waals surface area contributed by atoms with Gasteiger partial charge in [0.1, 0.15) is 5.01 Å². The van der Waals surface area contributed by atoms with E-state index in [1.54, 1.807) is 11.3 Å². The minimum Gasteiger partial charge on any atom is -0.394 e. The predicted molar refractivity (Wildman–Crippen MR) is 55.1 cm³/mol. The summed E-state index contributed by atoms with van der Waals surface area (Å²) in [5.41, 5.74) is 0.121. The summed E-state index contributed by atoms with van der Waals surface area (Å²) in [6, 6.07) is 0. The monoisotopic (exact) mass is 210 g/mol. The van der Waals surface area contributed by atoms with Gasteiger partial charge in [-0.15, -0.1) is 11.3 Å². The zero-order valence-corrected chi connectivity index (χ0v) is 8.83. The van der Waals surface area contributed by atoms with E-state index in [4.69, 9.17) is 0 Å². The van der Waals surface area contributed by atoms with Crippen LogP contribution in [0.3, 0.4) is 0 Å². The van der Waals surface area contributed by atoms with Crippen LogP contribution in [-0.4, -0.2) is 33.7 Å². The number of aliphatic hydroxyl groups is 1. The molecule has 0 aromatic carbocycles. The van der Waals surface area contributed by atoms with Crippen molar-refractivity contribution in [1.82, 2.24) is 9.88 Å². The number of nitrogens with zero attached hydrogens (tertiary/aromatic N) is 2. The molecule has 1 N–H and O–H groups in total. The molecule has 1 aromatic heterocycles. The lowest BCUT2D eigenvalue weighted by atomic mass is 9.74. The SMILES string of the molecule is OCC12CC(CN1Cc1nccs1)C2. The highest BCUT2D eigenvalue weighted by Gasteiger charge is 2.55. The number of fused-ring (bicyclic) bond motifs is 1. The van der Waals surface area contributed by atoms with Gasteiger partial charge in [-0.3, -0.25) is 4.90 Å². The Bertz CT molecular complexity index is 319. The van der Waals surface area contributed by atoms with Gasteiger partial charge in [-0.2, -0.15) is 0 Å². The summed E-state index contributed by atoms with van der Waals surface area (Å²) in [6.45, 7) is 2.39. The van der Waals surface area contributed by atoms with Crippen molar-refractivity contribution in [1.29, 1.82) is 0 Å². The van der Waals surface area contributed by atoms with E-state index in [0.29, 0.717) is 6.61 Å². The summed E-state index contributed by atoms with van der Waals surface area (Å²) < 4.78 is 0. The van der Waals surface area contributed by atoms with Gasteiger partial charge in [0.05, 0.1) is 13.2 Å². The first-order valence-corrected chi connectivity index (χ1v) is 5.95. The Hall–Kier alpha value is -0.450. The van der Waals surface area contributed by atoms with E-state index in [1.165, 1.54) is 17.8 Å². The maximum Gasteiger partial charge on any atom is 0.107 e. The molecule has 1 aromatic rings. The second-order valence-corrected chi connectivity index (χ2v) is 5.44. The summed E-state index contributed by atoms with van der Waals surface area (Å²) in [5.74, 6) is 0.835. The Morgan fingerprint density at radius 2 is 2.50 bits per heavy atom. The molecule has 2 aliphatic heterocycles. The maximum absolute atomic E-state index is 9.40. The van der Waals surface area contributed by atoms with Crippen molar-refractivity contribution in [2.75, 3.05) is 13.2 Å². The standard InChI is InChI=1S/C10H14N2OS/c13-7-10-3-8(4-10)5-12(10)6-9-11-1-2-14-9/h1-2,8,13H,3-7H2. The van der Waals surface area contributed by atoms with Crippen LogP contribution in [0.1, 0.15) is 17.8 Å². The Labute approximate surface area is 87.4 Å². The number of aromatic nitrogens is 1. The fourth-order valence-electron chi connectivity index (χ4n) is 2.86. The zero-order valence-electron chi connectivity index (χ0n) is 8.02. The van der Waals surface area contributed by atoms with Crippen LogP contribution >= 0.6 is 11.3 Å². The molecular weight excluding hydrogens is 196 g/mol. The summed E-state index contributed by atoms with van der Waals surface area (Å²) in [7, 11) is 0. The lowest BCUT2D eigenvalue weighted by molar-refractivity contribution is 0.0335. The van der Waals surface area contributed by atoms with Gasteiger partial charge in [0.15, 0.2) is 0 Å². The summed E-state index contributed by atoms with van der Waals surface area (Å²) >= 11 is 1.71. The van der Waals surface area contributed by atoms with Crippen molar-refractivity contribution in [2.24, 2.45) is 5.92 Å². The highest BCUT2D eigenvalue weighted by atomic mass is 32.1. The molecular formula is C10H14N2OS. The Balaban J connectivity index is 1.74. The van der Waals surface area contributed by atoms with Gasteiger partial charge < -0.3 is 5.11 Å². The Morgan fingerprint density at radius 3 is 3.14 bits per heavy atom. The van der Waals surface area contributed by atoms with Gasteiger partial charge in [-0.05, 0) is 18.8 Å². The Kier molecular flexibility index (Phi) is 1.90. The molecule has 2 bridgehead atoms. The van der Waals surface area contributed by atoms with Crippen molar-refractivity contribution in [2.45, 2.75) is 24.9 Å². The van der Waals surface area contributed by atoms with E-state index in [-0.39, 0.29) is 5.54 Å². The minimum atomic E-state index is 0.121. The van der Waals surface area contributed by atoms with Gasteiger partial charge in [0.25, 0.3) is 0 Å². The molecule has 1 aliphatic carbocycles. The van der Waals surface area contributed by atoms with Crippen molar-refractivity contribution in [3.05, 3.63) is 16.6 Å². The van der Waals surface area contributed by atoms with Crippen LogP contribution in [0.15, 0.2) is 11.6 Å². The zero-order chi connectivity index (χ0) is 9.60. The van der Waals surface area contributed by atoms with Gasteiger partial charge >= 0.3 is 0 Å². The van der Waals surface area contributed by atoms with E-state index in [1.807, 2.05) is 11.6 Å². The average molecular weight is 210 g/mol. The third-order valence-electron chi connectivity index (χ3n) is 3.59. The maximum atomic E-state index is 9.40. The van der Waals surface area contributed by atoms with Crippen LogP contribution in [0.25, 0.3) is 0 Å². The lowest BCUT2D eigenvalue weighted by Gasteiger charge is -2.40. The first kappa shape index (κ1) is 8.83. The molecule has 0 spiro atoms. The van der Waals surface area contributed by atoms with Crippen LogP contribution in [-0.2, 0) is 6.54 Å². The molecule has 0 unspecified atom stereocenters. The topological polar surface area (TPSA) is 36.4 Å².